The van der Waals surface area contributed by atoms with Gasteiger partial charge in [0, 0.05) is 16.6 Å². The monoisotopic (exact) mass is 305 g/mol. The van der Waals surface area contributed by atoms with Crippen molar-refractivity contribution in [2.24, 2.45) is 11.1 Å². The van der Waals surface area contributed by atoms with Crippen molar-refractivity contribution in [2.75, 3.05) is 7.11 Å². The van der Waals surface area contributed by atoms with E-state index in [1.807, 2.05) is 6.07 Å². The van der Waals surface area contributed by atoms with Gasteiger partial charge >= 0.3 is 0 Å². The first-order chi connectivity index (χ1) is 7.27. The average molecular weight is 307 g/mol. The van der Waals surface area contributed by atoms with Gasteiger partial charge in [0.05, 0.1) is 11.6 Å². The average Bonchev–Trinajstić information content (AvgIpc) is 2.14. The highest BCUT2D eigenvalue weighted by molar-refractivity contribution is 9.10. The molecule has 0 radical (unpaired) electrons. The van der Waals surface area contributed by atoms with Crippen LogP contribution in [0.3, 0.4) is 0 Å². The van der Waals surface area contributed by atoms with E-state index in [1.54, 1.807) is 13.2 Å². The van der Waals surface area contributed by atoms with E-state index in [1.165, 1.54) is 0 Å². The molecule has 0 aliphatic carbocycles. The summed E-state index contributed by atoms with van der Waals surface area (Å²) in [6.07, 6.45) is 0. The van der Waals surface area contributed by atoms with Gasteiger partial charge in [-0.15, -0.1) is 0 Å². The van der Waals surface area contributed by atoms with Crippen LogP contribution in [-0.2, 0) is 0 Å². The minimum absolute atomic E-state index is 0.0442. The van der Waals surface area contributed by atoms with Crippen molar-refractivity contribution < 1.29 is 4.74 Å². The lowest BCUT2D eigenvalue weighted by atomic mass is 9.83. The molecule has 1 unspecified atom stereocenters. The molecule has 2 nitrogen and oxygen atoms in total. The molecule has 0 heterocycles. The predicted octanol–water partition coefficient (Wildman–Crippen LogP) is 4.16. The smallest absolute Gasteiger partial charge is 0.137 e. The highest BCUT2D eigenvalue weighted by atomic mass is 79.9. The van der Waals surface area contributed by atoms with Crippen molar-refractivity contribution in [3.8, 4) is 5.75 Å². The lowest BCUT2D eigenvalue weighted by molar-refractivity contribution is 0.313. The van der Waals surface area contributed by atoms with Crippen LogP contribution in [0, 0.1) is 5.41 Å². The number of nitrogens with two attached hydrogens (primary N) is 1. The summed E-state index contributed by atoms with van der Waals surface area (Å²) in [6.45, 7) is 6.27. The fourth-order valence-corrected chi connectivity index (χ4v) is 2.49. The molecule has 0 bridgehead atoms. The maximum Gasteiger partial charge on any atom is 0.137 e. The Morgan fingerprint density at radius 3 is 2.38 bits per heavy atom. The number of halogens is 2. The molecule has 4 heteroatoms. The topological polar surface area (TPSA) is 35.2 Å². The van der Waals surface area contributed by atoms with Gasteiger partial charge in [-0.3, -0.25) is 0 Å². The molecule has 0 aromatic heterocycles. The first-order valence-electron chi connectivity index (χ1n) is 5.06. The Hall–Kier alpha value is -0.250. The molecule has 1 aromatic rings. The summed E-state index contributed by atoms with van der Waals surface area (Å²) in [5.41, 5.74) is 7.11. The van der Waals surface area contributed by atoms with Crippen LogP contribution in [0.2, 0.25) is 5.02 Å². The third-order valence-electron chi connectivity index (χ3n) is 2.51. The zero-order chi connectivity index (χ0) is 12.5. The van der Waals surface area contributed by atoms with Gasteiger partial charge in [0.25, 0.3) is 0 Å². The van der Waals surface area contributed by atoms with Gasteiger partial charge < -0.3 is 10.5 Å². The summed E-state index contributed by atoms with van der Waals surface area (Å²) in [6, 6.07) is 3.54. The van der Waals surface area contributed by atoms with Crippen molar-refractivity contribution in [2.45, 2.75) is 26.8 Å². The lowest BCUT2D eigenvalue weighted by Crippen LogP contribution is -2.26. The minimum Gasteiger partial charge on any atom is -0.495 e. The third-order valence-corrected chi connectivity index (χ3v) is 3.32. The SMILES string of the molecule is COc1c(Br)cc(Cl)cc1C(N)C(C)(C)C. The second-order valence-corrected chi connectivity index (χ2v) is 6.14. The predicted molar refractivity (Wildman–Crippen MR) is 72.1 cm³/mol. The van der Waals surface area contributed by atoms with Crippen LogP contribution in [0.5, 0.6) is 5.75 Å². The van der Waals surface area contributed by atoms with Crippen LogP contribution >= 0.6 is 27.5 Å². The quantitative estimate of drug-likeness (QED) is 0.890. The maximum absolute atomic E-state index is 6.23. The van der Waals surface area contributed by atoms with E-state index in [2.05, 4.69) is 36.7 Å². The highest BCUT2D eigenvalue weighted by Gasteiger charge is 2.26. The third kappa shape index (κ3) is 2.90. The van der Waals surface area contributed by atoms with Gasteiger partial charge in [-0.1, -0.05) is 32.4 Å². The van der Waals surface area contributed by atoms with Crippen molar-refractivity contribution >= 4 is 27.5 Å². The molecule has 1 rings (SSSR count). The highest BCUT2D eigenvalue weighted by Crippen LogP contribution is 2.40. The number of rotatable bonds is 2. The number of hydrogen-bond acceptors (Lipinski definition) is 2. The maximum atomic E-state index is 6.23. The van der Waals surface area contributed by atoms with Gasteiger partial charge in [0.2, 0.25) is 0 Å². The number of methoxy groups -OCH3 is 1. The summed E-state index contributed by atoms with van der Waals surface area (Å²) in [7, 11) is 1.63. The Kier molecular flexibility index (Phi) is 4.27. The number of ether oxygens (including phenoxy) is 1. The molecule has 0 aliphatic heterocycles. The van der Waals surface area contributed by atoms with E-state index in [0.29, 0.717) is 5.02 Å². The van der Waals surface area contributed by atoms with Crippen LogP contribution in [-0.4, -0.2) is 7.11 Å². The molecule has 16 heavy (non-hydrogen) atoms. The first-order valence-corrected chi connectivity index (χ1v) is 6.23. The van der Waals surface area contributed by atoms with Gasteiger partial charge in [-0.2, -0.15) is 0 Å². The molecule has 0 saturated carbocycles. The van der Waals surface area contributed by atoms with Gasteiger partial charge in [0.1, 0.15) is 5.75 Å². The van der Waals surface area contributed by atoms with Gasteiger partial charge in [0.15, 0.2) is 0 Å². The second kappa shape index (κ2) is 4.94. The molecule has 1 atom stereocenters. The number of benzene rings is 1. The van der Waals surface area contributed by atoms with E-state index >= 15 is 0 Å². The summed E-state index contributed by atoms with van der Waals surface area (Å²) < 4.78 is 6.19. The Balaban J connectivity index is 3.31. The summed E-state index contributed by atoms with van der Waals surface area (Å²) in [5.74, 6) is 0.756. The molecule has 0 amide bonds. The minimum atomic E-state index is -0.127. The van der Waals surface area contributed by atoms with Crippen LogP contribution in [0.1, 0.15) is 32.4 Å². The van der Waals surface area contributed by atoms with E-state index in [-0.39, 0.29) is 11.5 Å². The summed E-state index contributed by atoms with van der Waals surface area (Å²) in [4.78, 5) is 0. The normalized spacial score (nSPS) is 13.7. The molecular weight excluding hydrogens is 289 g/mol. The lowest BCUT2D eigenvalue weighted by Gasteiger charge is -2.29. The van der Waals surface area contributed by atoms with Crippen LogP contribution < -0.4 is 10.5 Å². The Morgan fingerprint density at radius 2 is 1.94 bits per heavy atom. The van der Waals surface area contributed by atoms with Gasteiger partial charge in [-0.25, -0.2) is 0 Å². The molecule has 0 aliphatic rings. The zero-order valence-corrected chi connectivity index (χ0v) is 12.3. The van der Waals surface area contributed by atoms with E-state index in [9.17, 15) is 0 Å². The van der Waals surface area contributed by atoms with Crippen molar-refractivity contribution in [1.82, 2.24) is 0 Å². The summed E-state index contributed by atoms with van der Waals surface area (Å²) >= 11 is 9.46. The Bertz CT molecular complexity index is 387. The zero-order valence-electron chi connectivity index (χ0n) is 9.97. The molecular formula is C12H17BrClNO. The fourth-order valence-electron chi connectivity index (χ4n) is 1.49. The van der Waals surface area contributed by atoms with E-state index in [4.69, 9.17) is 22.1 Å². The molecule has 1 aromatic carbocycles. The van der Waals surface area contributed by atoms with E-state index < -0.39 is 0 Å². The Labute approximate surface area is 110 Å². The summed E-state index contributed by atoms with van der Waals surface area (Å²) in [5, 5.41) is 0.655. The first kappa shape index (κ1) is 13.8. The van der Waals surface area contributed by atoms with Crippen LogP contribution in [0.15, 0.2) is 16.6 Å². The molecule has 0 saturated heterocycles. The van der Waals surface area contributed by atoms with E-state index in [0.717, 1.165) is 15.8 Å². The molecule has 0 fully saturated rings. The second-order valence-electron chi connectivity index (χ2n) is 4.85. The largest absolute Gasteiger partial charge is 0.495 e. The molecule has 0 spiro atoms. The fraction of sp³-hybridized carbons (Fsp3) is 0.500. The van der Waals surface area contributed by atoms with Crippen molar-refractivity contribution in [1.29, 1.82) is 0 Å². The van der Waals surface area contributed by atoms with Crippen molar-refractivity contribution in [3.05, 3.63) is 27.2 Å². The van der Waals surface area contributed by atoms with Crippen LogP contribution in [0.4, 0.5) is 0 Å². The molecule has 90 valence electrons. The molecule has 2 N–H and O–H groups in total. The van der Waals surface area contributed by atoms with Gasteiger partial charge in [-0.05, 0) is 33.5 Å². The standard InChI is InChI=1S/C12H17BrClNO/c1-12(2,3)11(15)8-5-7(14)6-9(13)10(8)16-4/h5-6,11H,15H2,1-4H3. The Morgan fingerprint density at radius 1 is 1.38 bits per heavy atom. The number of hydrogen-bond donors (Lipinski definition) is 1. The van der Waals surface area contributed by atoms with Crippen molar-refractivity contribution in [3.63, 3.8) is 0 Å². The van der Waals surface area contributed by atoms with Crippen LogP contribution in [0.25, 0.3) is 0 Å².